The Kier molecular flexibility index (Phi) is 6.67. The third kappa shape index (κ3) is 4.75. The van der Waals surface area contributed by atoms with E-state index in [1.54, 1.807) is 0 Å². The summed E-state index contributed by atoms with van der Waals surface area (Å²) in [5, 5.41) is 21.9. The Labute approximate surface area is 212 Å². The lowest BCUT2D eigenvalue weighted by atomic mass is 9.96. The fraction of sp³-hybridized carbons (Fsp3) is 0.455. The average Bonchev–Trinajstić information content (AvgIpc) is 3.35. The number of phosphoric acid groups is 1. The van der Waals surface area contributed by atoms with Crippen molar-refractivity contribution >= 4 is 24.8 Å². The van der Waals surface area contributed by atoms with Crippen LogP contribution < -0.4 is 11.3 Å². The highest BCUT2D eigenvalue weighted by Crippen LogP contribution is 2.58. The Hall–Kier alpha value is -2.78. The van der Waals surface area contributed by atoms with Gasteiger partial charge in [-0.05, 0) is 24.6 Å². The predicted molar refractivity (Wildman–Crippen MR) is 125 cm³/mol. The first-order chi connectivity index (χ1) is 17.8. The van der Waals surface area contributed by atoms with E-state index in [9.17, 15) is 32.7 Å². The fourth-order valence-electron chi connectivity index (χ4n) is 4.62. The van der Waals surface area contributed by atoms with Gasteiger partial charge in [-0.25, -0.2) is 4.57 Å². The van der Waals surface area contributed by atoms with Crippen LogP contribution in [0.3, 0.4) is 0 Å². The number of aliphatic hydroxyl groups excluding tert-OH is 1. The number of aromatic nitrogens is 3. The van der Waals surface area contributed by atoms with E-state index in [-0.39, 0.29) is 35.6 Å². The van der Waals surface area contributed by atoms with Gasteiger partial charge < -0.3 is 25.3 Å². The molecule has 0 aliphatic carbocycles. The van der Waals surface area contributed by atoms with Crippen molar-refractivity contribution < 1.29 is 46.3 Å². The van der Waals surface area contributed by atoms with Crippen LogP contribution in [-0.4, -0.2) is 55.8 Å². The molecule has 2 aliphatic rings. The molecule has 3 aromatic rings. The van der Waals surface area contributed by atoms with E-state index in [0.717, 1.165) is 6.07 Å². The molecule has 0 radical (unpaired) electrons. The smallest absolute Gasteiger partial charge is 0.387 e. The molecule has 2 saturated heterocycles. The summed E-state index contributed by atoms with van der Waals surface area (Å²) in [5.41, 5.74) is 2.12. The SMILES string of the molecule is C[C@@]1(O)[C@H](O)[C@@H](CO[P@@]2(=O)OCC[C@@H](c3ccccc3C(F)(F)F)O2)O[C@H]1n1ccc2c(=O)[nH]c(N)nc21. The van der Waals surface area contributed by atoms with Gasteiger partial charge in [0.25, 0.3) is 5.56 Å². The first-order valence-corrected chi connectivity index (χ1v) is 12.9. The van der Waals surface area contributed by atoms with Gasteiger partial charge in [0.2, 0.25) is 5.95 Å². The fourth-order valence-corrected chi connectivity index (χ4v) is 6.00. The molecule has 0 amide bonds. The molecule has 5 rings (SSSR count). The Morgan fingerprint density at radius 2 is 2.08 bits per heavy atom. The first-order valence-electron chi connectivity index (χ1n) is 11.5. The Morgan fingerprint density at radius 1 is 1.34 bits per heavy atom. The van der Waals surface area contributed by atoms with E-state index in [1.165, 1.54) is 42.0 Å². The Balaban J connectivity index is 1.33. The molecule has 4 heterocycles. The Bertz CT molecular complexity index is 1460. The molecule has 6 atom stereocenters. The third-order valence-electron chi connectivity index (χ3n) is 6.50. The van der Waals surface area contributed by atoms with E-state index >= 15 is 0 Å². The van der Waals surface area contributed by atoms with E-state index in [4.69, 9.17) is 24.0 Å². The van der Waals surface area contributed by atoms with Crippen LogP contribution in [-0.2, 0) is 29.0 Å². The molecule has 0 bridgehead atoms. The van der Waals surface area contributed by atoms with Crippen LogP contribution in [0.15, 0.2) is 41.3 Å². The number of anilines is 1. The van der Waals surface area contributed by atoms with Crippen LogP contribution in [0.25, 0.3) is 11.0 Å². The van der Waals surface area contributed by atoms with Gasteiger partial charge in [-0.3, -0.25) is 23.3 Å². The number of nitrogens with one attached hydrogen (secondary N) is 1. The van der Waals surface area contributed by atoms with Crippen LogP contribution in [0, 0.1) is 0 Å². The number of fused-ring (bicyclic) bond motifs is 1. The quantitative estimate of drug-likeness (QED) is 0.340. The number of H-pyrrole nitrogens is 1. The molecule has 0 saturated carbocycles. The monoisotopic (exact) mass is 560 g/mol. The van der Waals surface area contributed by atoms with Gasteiger partial charge in [0, 0.05) is 12.6 Å². The molecule has 206 valence electrons. The van der Waals surface area contributed by atoms with Crippen molar-refractivity contribution in [2.45, 2.75) is 49.7 Å². The van der Waals surface area contributed by atoms with Gasteiger partial charge in [-0.1, -0.05) is 18.2 Å². The van der Waals surface area contributed by atoms with Crippen molar-refractivity contribution in [3.8, 4) is 0 Å². The van der Waals surface area contributed by atoms with E-state index in [1.807, 2.05) is 0 Å². The number of nitrogens with zero attached hydrogens (tertiary/aromatic N) is 2. The maximum absolute atomic E-state index is 13.5. The average molecular weight is 560 g/mol. The Morgan fingerprint density at radius 3 is 2.82 bits per heavy atom. The lowest BCUT2D eigenvalue weighted by Crippen LogP contribution is -2.44. The minimum absolute atomic E-state index is 0.00422. The van der Waals surface area contributed by atoms with Crippen LogP contribution in [0.5, 0.6) is 0 Å². The summed E-state index contributed by atoms with van der Waals surface area (Å²) in [7, 11) is -4.38. The maximum atomic E-state index is 13.5. The third-order valence-corrected chi connectivity index (χ3v) is 7.98. The van der Waals surface area contributed by atoms with Crippen molar-refractivity contribution in [1.29, 1.82) is 0 Å². The number of phosphoric ester groups is 1. The normalized spacial score (nSPS) is 32.2. The minimum atomic E-state index is -4.65. The summed E-state index contributed by atoms with van der Waals surface area (Å²) >= 11 is 0. The van der Waals surface area contributed by atoms with Crippen molar-refractivity contribution in [2.24, 2.45) is 0 Å². The number of hydrogen-bond donors (Lipinski definition) is 4. The largest absolute Gasteiger partial charge is 0.475 e. The van der Waals surface area contributed by atoms with E-state index < -0.39 is 61.9 Å². The molecule has 2 fully saturated rings. The second kappa shape index (κ2) is 9.45. The number of rotatable bonds is 5. The molecule has 2 aliphatic heterocycles. The van der Waals surface area contributed by atoms with E-state index in [2.05, 4.69) is 9.97 Å². The van der Waals surface area contributed by atoms with E-state index in [0.29, 0.717) is 0 Å². The van der Waals surface area contributed by atoms with Crippen LogP contribution >= 0.6 is 7.82 Å². The van der Waals surface area contributed by atoms with Gasteiger partial charge in [-0.15, -0.1) is 0 Å². The molecule has 1 aromatic carbocycles. The highest BCUT2D eigenvalue weighted by atomic mass is 31.2. The summed E-state index contributed by atoms with van der Waals surface area (Å²) < 4.78 is 76.5. The molecular formula is C22H24F3N4O8P. The van der Waals surface area contributed by atoms with Gasteiger partial charge >= 0.3 is 14.0 Å². The van der Waals surface area contributed by atoms with Gasteiger partial charge in [0.15, 0.2) is 11.9 Å². The molecule has 16 heteroatoms. The van der Waals surface area contributed by atoms with Crippen LogP contribution in [0.4, 0.5) is 19.1 Å². The minimum Gasteiger partial charge on any atom is -0.387 e. The molecule has 12 nitrogen and oxygen atoms in total. The second-order valence-electron chi connectivity index (χ2n) is 9.15. The number of halogens is 3. The number of benzene rings is 1. The summed E-state index contributed by atoms with van der Waals surface area (Å²) in [6, 6.07) is 6.18. The predicted octanol–water partition coefficient (Wildman–Crippen LogP) is 2.64. The summed E-state index contributed by atoms with van der Waals surface area (Å²) in [5.74, 6) is -0.174. The molecule has 0 spiro atoms. The van der Waals surface area contributed by atoms with Crippen LogP contribution in [0.2, 0.25) is 0 Å². The number of aromatic amines is 1. The highest BCUT2D eigenvalue weighted by Gasteiger charge is 2.54. The first kappa shape index (κ1) is 26.8. The van der Waals surface area contributed by atoms with Crippen molar-refractivity contribution in [2.75, 3.05) is 18.9 Å². The summed E-state index contributed by atoms with van der Waals surface area (Å²) in [6.45, 7) is 0.470. The molecule has 5 N–H and O–H groups in total. The molecule has 0 unspecified atom stereocenters. The summed E-state index contributed by atoms with van der Waals surface area (Å²) in [6.07, 6.45) is -8.58. The molecule has 38 heavy (non-hydrogen) atoms. The van der Waals surface area contributed by atoms with Crippen molar-refractivity contribution in [1.82, 2.24) is 14.5 Å². The maximum Gasteiger partial charge on any atom is 0.475 e. The molecule has 2 aromatic heterocycles. The number of ether oxygens (including phenoxy) is 1. The summed E-state index contributed by atoms with van der Waals surface area (Å²) in [4.78, 5) is 18.6. The number of nitrogen functional groups attached to an aromatic ring is 1. The zero-order valence-electron chi connectivity index (χ0n) is 19.8. The zero-order valence-corrected chi connectivity index (χ0v) is 20.7. The highest BCUT2D eigenvalue weighted by molar-refractivity contribution is 7.48. The zero-order chi connectivity index (χ0) is 27.5. The topological polar surface area (TPSA) is 171 Å². The number of alkyl halides is 3. The lowest BCUT2D eigenvalue weighted by molar-refractivity contribution is -0.139. The van der Waals surface area contributed by atoms with Gasteiger partial charge in [-0.2, -0.15) is 18.2 Å². The molecular weight excluding hydrogens is 536 g/mol. The lowest BCUT2D eigenvalue weighted by Gasteiger charge is -2.31. The number of aliphatic hydroxyl groups is 2. The van der Waals surface area contributed by atoms with Crippen LogP contribution in [0.1, 0.15) is 36.8 Å². The standard InChI is InChI=1S/C22H24F3N4O8P/c1-21(32)16(30)15(36-19(21)29-8-6-12-17(29)27-20(26)28-18(12)31)10-35-38(33)34-9-7-14(37-38)11-4-2-3-5-13(11)22(23,24)25/h2-6,8,14-16,19,30,32H,7,9-10H2,1H3,(H3,26,27,28,31)/t14-,15+,16+,19+,21+,38+/m0/s1. The van der Waals surface area contributed by atoms with Gasteiger partial charge in [0.1, 0.15) is 17.8 Å². The number of hydrogen-bond acceptors (Lipinski definition) is 10. The van der Waals surface area contributed by atoms with Crippen molar-refractivity contribution in [3.05, 3.63) is 58.0 Å². The van der Waals surface area contributed by atoms with Gasteiger partial charge in [0.05, 0.1) is 30.3 Å². The van der Waals surface area contributed by atoms with Crippen molar-refractivity contribution in [3.63, 3.8) is 0 Å². The number of nitrogens with two attached hydrogens (primary N) is 1. The second-order valence-corrected chi connectivity index (χ2v) is 10.8.